The van der Waals surface area contributed by atoms with Gasteiger partial charge in [-0.05, 0) is 55.2 Å². The molecule has 5 nitrogen and oxygen atoms in total. The molecule has 2 unspecified atom stereocenters. The van der Waals surface area contributed by atoms with Gasteiger partial charge in [-0.25, -0.2) is 0 Å². The molecule has 0 fully saturated rings. The zero-order valence-electron chi connectivity index (χ0n) is 20.3. The Hall–Kier alpha value is -3.70. The molecule has 36 heavy (non-hydrogen) atoms. The molecule has 3 aromatic carbocycles. The van der Waals surface area contributed by atoms with E-state index in [2.05, 4.69) is 0 Å². The highest BCUT2D eigenvalue weighted by Crippen LogP contribution is 2.47. The van der Waals surface area contributed by atoms with E-state index in [0.29, 0.717) is 46.9 Å². The van der Waals surface area contributed by atoms with Gasteiger partial charge in [0.15, 0.2) is 11.6 Å². The minimum absolute atomic E-state index is 0.0265. The average Bonchev–Trinajstić information content (AvgIpc) is 2.90. The van der Waals surface area contributed by atoms with Gasteiger partial charge in [0.25, 0.3) is 0 Å². The van der Waals surface area contributed by atoms with Crippen LogP contribution < -0.4 is 9.64 Å². The van der Waals surface area contributed by atoms with Crippen molar-refractivity contribution in [1.29, 1.82) is 5.41 Å². The highest BCUT2D eigenvalue weighted by atomic mass is 35.5. The van der Waals surface area contributed by atoms with Crippen molar-refractivity contribution < 1.29 is 14.3 Å². The van der Waals surface area contributed by atoms with E-state index in [0.717, 1.165) is 16.8 Å². The van der Waals surface area contributed by atoms with Gasteiger partial charge in [0.05, 0.1) is 13.0 Å². The van der Waals surface area contributed by atoms with Gasteiger partial charge in [0.2, 0.25) is 0 Å². The van der Waals surface area contributed by atoms with E-state index < -0.39 is 11.8 Å². The predicted molar refractivity (Wildman–Crippen MR) is 142 cm³/mol. The maximum absolute atomic E-state index is 14.0. The van der Waals surface area contributed by atoms with Gasteiger partial charge in [-0.1, -0.05) is 60.1 Å². The number of aryl methyl sites for hydroxylation is 1. The zero-order valence-corrected chi connectivity index (χ0v) is 21.0. The summed E-state index contributed by atoms with van der Waals surface area (Å²) in [7, 11) is 1.60. The standard InChI is InChI=1S/C30H27ClN2O3/c1-18-11-14-21(17-23(18)31)33-24-9-6-10-25(34)27(24)26(19-12-15-22(36-2)16-13-19)28(30(33)32)29(35)20-7-4-3-5-8-20/h3-5,7-8,11-17,26,28,32H,6,9-10H2,1-2H3. The molecule has 0 amide bonds. The van der Waals surface area contributed by atoms with Crippen LogP contribution in [0, 0.1) is 18.3 Å². The number of benzene rings is 3. The number of allylic oxidation sites excluding steroid dienone is 2. The second-order valence-electron chi connectivity index (χ2n) is 9.25. The molecule has 0 radical (unpaired) electrons. The number of halogens is 1. The number of methoxy groups -OCH3 is 1. The first-order valence-electron chi connectivity index (χ1n) is 12.0. The number of nitrogens with one attached hydrogen (secondary N) is 1. The van der Waals surface area contributed by atoms with Crippen molar-refractivity contribution in [2.45, 2.75) is 32.1 Å². The van der Waals surface area contributed by atoms with E-state index in [1.54, 1.807) is 24.1 Å². The quantitative estimate of drug-likeness (QED) is 0.395. The summed E-state index contributed by atoms with van der Waals surface area (Å²) in [5.74, 6) is -0.750. The number of rotatable bonds is 5. The van der Waals surface area contributed by atoms with E-state index in [1.807, 2.05) is 67.6 Å². The number of nitrogens with zero attached hydrogens (tertiary/aromatic N) is 1. The lowest BCUT2D eigenvalue weighted by molar-refractivity contribution is -0.116. The molecule has 5 rings (SSSR count). The first-order chi connectivity index (χ1) is 17.4. The molecule has 2 aliphatic rings. The fourth-order valence-electron chi connectivity index (χ4n) is 5.28. The number of anilines is 1. The summed E-state index contributed by atoms with van der Waals surface area (Å²) in [6, 6.07) is 22.1. The Balaban J connectivity index is 1.75. The minimum atomic E-state index is -0.873. The third-order valence-corrected chi connectivity index (χ3v) is 7.51. The summed E-state index contributed by atoms with van der Waals surface area (Å²) in [5.41, 5.74) is 4.35. The molecule has 3 aromatic rings. The lowest BCUT2D eigenvalue weighted by Gasteiger charge is -2.44. The zero-order chi connectivity index (χ0) is 25.4. The van der Waals surface area contributed by atoms with Crippen molar-refractivity contribution in [3.8, 4) is 5.75 Å². The number of carbonyl (C=O) groups is 2. The summed E-state index contributed by atoms with van der Waals surface area (Å²) < 4.78 is 5.34. The fraction of sp³-hybridized carbons (Fsp3) is 0.233. The molecule has 1 heterocycles. The second-order valence-corrected chi connectivity index (χ2v) is 9.66. The van der Waals surface area contributed by atoms with Gasteiger partial charge in [0, 0.05) is 39.9 Å². The largest absolute Gasteiger partial charge is 0.497 e. The first kappa shape index (κ1) is 24.0. The molecule has 0 spiro atoms. The monoisotopic (exact) mass is 498 g/mol. The van der Waals surface area contributed by atoms with Crippen LogP contribution in [-0.4, -0.2) is 24.5 Å². The van der Waals surface area contributed by atoms with Crippen LogP contribution in [0.2, 0.25) is 5.02 Å². The van der Waals surface area contributed by atoms with Gasteiger partial charge < -0.3 is 9.64 Å². The highest BCUT2D eigenvalue weighted by Gasteiger charge is 2.47. The number of amidine groups is 1. The number of carbonyl (C=O) groups excluding carboxylic acids is 2. The van der Waals surface area contributed by atoms with Crippen LogP contribution in [-0.2, 0) is 4.79 Å². The van der Waals surface area contributed by atoms with Gasteiger partial charge in [-0.3, -0.25) is 15.0 Å². The number of Topliss-reactive ketones (excluding diaryl/α,β-unsaturated/α-hetero) is 2. The SMILES string of the molecule is COc1ccc(C2C3=C(CCCC3=O)N(c3ccc(C)c(Cl)c3)C(=N)C2C(=O)c2ccccc2)cc1. The third kappa shape index (κ3) is 4.14. The van der Waals surface area contributed by atoms with Gasteiger partial charge >= 0.3 is 0 Å². The molecule has 182 valence electrons. The molecule has 1 N–H and O–H groups in total. The van der Waals surface area contributed by atoms with Crippen LogP contribution >= 0.6 is 11.6 Å². The maximum atomic E-state index is 14.0. The van der Waals surface area contributed by atoms with E-state index in [1.165, 1.54) is 0 Å². The summed E-state index contributed by atoms with van der Waals surface area (Å²) in [6.07, 6.45) is 1.77. The second kappa shape index (κ2) is 9.75. The molecule has 0 saturated heterocycles. The Morgan fingerprint density at radius 3 is 2.42 bits per heavy atom. The summed E-state index contributed by atoms with van der Waals surface area (Å²) in [6.45, 7) is 1.92. The van der Waals surface area contributed by atoms with Crippen molar-refractivity contribution in [3.05, 3.63) is 106 Å². The van der Waals surface area contributed by atoms with Crippen LogP contribution in [0.15, 0.2) is 84.1 Å². The van der Waals surface area contributed by atoms with E-state index in [-0.39, 0.29) is 17.4 Å². The average molecular weight is 499 g/mol. The van der Waals surface area contributed by atoms with Crippen molar-refractivity contribution in [2.24, 2.45) is 5.92 Å². The van der Waals surface area contributed by atoms with Crippen LogP contribution in [0.3, 0.4) is 0 Å². The summed E-state index contributed by atoms with van der Waals surface area (Å²) >= 11 is 6.47. The molecule has 0 bridgehead atoms. The van der Waals surface area contributed by atoms with Crippen LogP contribution in [0.5, 0.6) is 5.75 Å². The number of hydrogen-bond acceptors (Lipinski definition) is 4. The van der Waals surface area contributed by atoms with Gasteiger partial charge in [-0.2, -0.15) is 0 Å². The molecular weight excluding hydrogens is 472 g/mol. The Morgan fingerprint density at radius 1 is 1.03 bits per heavy atom. The van der Waals surface area contributed by atoms with Gasteiger partial charge in [-0.15, -0.1) is 0 Å². The number of hydrogen-bond donors (Lipinski definition) is 1. The fourth-order valence-corrected chi connectivity index (χ4v) is 5.46. The lowest BCUT2D eigenvalue weighted by Crippen LogP contribution is -2.49. The van der Waals surface area contributed by atoms with Crippen LogP contribution in [0.25, 0.3) is 0 Å². The summed E-state index contributed by atoms with van der Waals surface area (Å²) in [4.78, 5) is 29.4. The smallest absolute Gasteiger partial charge is 0.174 e. The van der Waals surface area contributed by atoms with Crippen molar-refractivity contribution in [3.63, 3.8) is 0 Å². The topological polar surface area (TPSA) is 70.5 Å². The molecule has 1 aliphatic heterocycles. The van der Waals surface area contributed by atoms with E-state index in [9.17, 15) is 15.0 Å². The Labute approximate surface area is 215 Å². The Morgan fingerprint density at radius 2 is 1.75 bits per heavy atom. The maximum Gasteiger partial charge on any atom is 0.174 e. The van der Waals surface area contributed by atoms with Crippen molar-refractivity contribution in [2.75, 3.05) is 12.0 Å². The first-order valence-corrected chi connectivity index (χ1v) is 12.4. The number of ether oxygens (including phenoxy) is 1. The Bertz CT molecular complexity index is 1380. The van der Waals surface area contributed by atoms with Gasteiger partial charge in [0.1, 0.15) is 11.6 Å². The molecular formula is C30H27ClN2O3. The lowest BCUT2D eigenvalue weighted by atomic mass is 9.69. The Kier molecular flexibility index (Phi) is 6.50. The molecule has 0 aromatic heterocycles. The van der Waals surface area contributed by atoms with E-state index >= 15 is 0 Å². The van der Waals surface area contributed by atoms with E-state index in [4.69, 9.17) is 16.3 Å². The normalized spacial score (nSPS) is 19.8. The molecule has 0 saturated carbocycles. The minimum Gasteiger partial charge on any atom is -0.497 e. The highest BCUT2D eigenvalue weighted by molar-refractivity contribution is 6.32. The molecule has 6 heteroatoms. The third-order valence-electron chi connectivity index (χ3n) is 7.11. The van der Waals surface area contributed by atoms with Crippen LogP contribution in [0.1, 0.15) is 46.7 Å². The van der Waals surface area contributed by atoms with Crippen molar-refractivity contribution in [1.82, 2.24) is 0 Å². The number of ketones is 2. The van der Waals surface area contributed by atoms with Crippen LogP contribution in [0.4, 0.5) is 5.69 Å². The molecule has 2 atom stereocenters. The van der Waals surface area contributed by atoms with Crippen molar-refractivity contribution >= 4 is 34.7 Å². The summed E-state index contributed by atoms with van der Waals surface area (Å²) in [5, 5.41) is 9.96. The molecule has 1 aliphatic carbocycles. The predicted octanol–water partition coefficient (Wildman–Crippen LogP) is 6.74.